The van der Waals surface area contributed by atoms with Crippen LogP contribution in [0.25, 0.3) is 5.70 Å². The number of hydrogen-bond acceptors (Lipinski definition) is 1. The summed E-state index contributed by atoms with van der Waals surface area (Å²) in [4.78, 5) is 5.17. The molecule has 4 rings (SSSR count). The van der Waals surface area contributed by atoms with Gasteiger partial charge in [0.25, 0.3) is 0 Å². The van der Waals surface area contributed by atoms with E-state index in [0.29, 0.717) is 11.8 Å². The van der Waals surface area contributed by atoms with E-state index in [2.05, 4.69) is 119 Å². The van der Waals surface area contributed by atoms with Gasteiger partial charge in [-0.1, -0.05) is 138 Å². The summed E-state index contributed by atoms with van der Waals surface area (Å²) in [5, 5.41) is 0. The van der Waals surface area contributed by atoms with E-state index in [0.717, 1.165) is 0 Å². The molecule has 1 heterocycles. The minimum absolute atomic E-state index is 0.390. The molecule has 0 amide bonds. The lowest BCUT2D eigenvalue weighted by molar-refractivity contribution is 0.483. The summed E-state index contributed by atoms with van der Waals surface area (Å²) in [5.41, 5.74) is 7.96. The Morgan fingerprint density at radius 2 is 1.15 bits per heavy atom. The highest BCUT2D eigenvalue weighted by Crippen LogP contribution is 2.41. The molecular formula is C33H41N. The molecule has 1 unspecified atom stereocenters. The fourth-order valence-electron chi connectivity index (χ4n) is 5.02. The van der Waals surface area contributed by atoms with Gasteiger partial charge in [0.1, 0.15) is 0 Å². The van der Waals surface area contributed by atoms with Crippen molar-refractivity contribution in [3.05, 3.63) is 113 Å². The first kappa shape index (κ1) is 25.7. The Hall–Kier alpha value is -2.93. The summed E-state index contributed by atoms with van der Waals surface area (Å²) in [6, 6.07) is 32.0. The maximum Gasteiger partial charge on any atom is 0.0707 e. The quantitative estimate of drug-likeness (QED) is 0.307. The van der Waals surface area contributed by atoms with Gasteiger partial charge in [0, 0.05) is 11.5 Å². The number of allylic oxidation sites excluding steroid dienone is 1. The van der Waals surface area contributed by atoms with E-state index in [-0.39, 0.29) is 0 Å². The summed E-state index contributed by atoms with van der Waals surface area (Å²) in [7, 11) is 0. The number of nitrogens with zero attached hydrogens (tertiary/aromatic N) is 1. The fraction of sp³-hybridized carbons (Fsp3) is 0.364. The number of hydrogen-bond donors (Lipinski definition) is 0. The topological polar surface area (TPSA) is 12.4 Å². The van der Waals surface area contributed by atoms with E-state index < -0.39 is 0 Å². The molecule has 0 aromatic heterocycles. The molecule has 1 atom stereocenters. The van der Waals surface area contributed by atoms with Gasteiger partial charge in [0.05, 0.1) is 11.4 Å². The van der Waals surface area contributed by atoms with Gasteiger partial charge in [-0.2, -0.15) is 0 Å². The van der Waals surface area contributed by atoms with Crippen molar-refractivity contribution < 1.29 is 0 Å². The summed E-state index contributed by atoms with van der Waals surface area (Å²) >= 11 is 0. The first-order valence-electron chi connectivity index (χ1n) is 13.2. The molecule has 0 fully saturated rings. The molecule has 0 spiro atoms. The summed E-state index contributed by atoms with van der Waals surface area (Å²) in [6.45, 7) is 9.14. The van der Waals surface area contributed by atoms with Crippen LogP contribution in [-0.4, -0.2) is 5.71 Å². The van der Waals surface area contributed by atoms with Crippen LogP contribution in [0.5, 0.6) is 0 Å². The maximum atomic E-state index is 5.17. The molecule has 0 aliphatic carbocycles. The lowest BCUT2D eigenvalue weighted by Gasteiger charge is -2.23. The van der Waals surface area contributed by atoms with Gasteiger partial charge in [0.15, 0.2) is 0 Å². The summed E-state index contributed by atoms with van der Waals surface area (Å²) in [5.74, 6) is 1.02. The van der Waals surface area contributed by atoms with Crippen molar-refractivity contribution in [1.82, 2.24) is 0 Å². The van der Waals surface area contributed by atoms with Gasteiger partial charge >= 0.3 is 0 Å². The number of rotatable bonds is 9. The Labute approximate surface area is 207 Å². The highest BCUT2D eigenvalue weighted by atomic mass is 14.8. The van der Waals surface area contributed by atoms with Gasteiger partial charge < -0.3 is 0 Å². The molecule has 3 aromatic rings. The highest BCUT2D eigenvalue weighted by molar-refractivity contribution is 6.10. The first-order valence-corrected chi connectivity index (χ1v) is 13.2. The van der Waals surface area contributed by atoms with Crippen LogP contribution in [0.4, 0.5) is 0 Å². The van der Waals surface area contributed by atoms with Crippen molar-refractivity contribution in [1.29, 1.82) is 0 Å². The third-order valence-electron chi connectivity index (χ3n) is 6.59. The molecule has 0 saturated carbocycles. The minimum Gasteiger partial charge on any atom is -0.252 e. The Balaban J connectivity index is 0.000000302. The van der Waals surface area contributed by atoms with Gasteiger partial charge in [-0.25, -0.2) is 0 Å². The van der Waals surface area contributed by atoms with Crippen LogP contribution < -0.4 is 0 Å². The monoisotopic (exact) mass is 451 g/mol. The molecule has 1 aliphatic heterocycles. The van der Waals surface area contributed by atoms with Crippen LogP contribution in [0.15, 0.2) is 102 Å². The normalized spacial score (nSPS) is 15.2. The van der Waals surface area contributed by atoms with E-state index >= 15 is 0 Å². The average Bonchev–Trinajstić information content (AvgIpc) is 3.23. The molecule has 34 heavy (non-hydrogen) atoms. The van der Waals surface area contributed by atoms with E-state index in [4.69, 9.17) is 4.99 Å². The Bertz CT molecular complexity index is 1030. The highest BCUT2D eigenvalue weighted by Gasteiger charge is 2.32. The molecule has 3 aromatic carbocycles. The van der Waals surface area contributed by atoms with Crippen LogP contribution in [0, 0.1) is 11.8 Å². The van der Waals surface area contributed by atoms with E-state index in [1.165, 1.54) is 66.6 Å². The van der Waals surface area contributed by atoms with Crippen LogP contribution in [0.3, 0.4) is 0 Å². The molecule has 0 radical (unpaired) electrons. The zero-order valence-electron chi connectivity index (χ0n) is 21.5. The SMILES string of the molecule is CCCC(CCC)C1=C(c2ccccc2)N=C(c2ccccc2)C1C.CCCc1ccccc1. The Morgan fingerprint density at radius 1 is 0.647 bits per heavy atom. The molecular weight excluding hydrogens is 410 g/mol. The lowest BCUT2D eigenvalue weighted by Crippen LogP contribution is -2.17. The number of aryl methyl sites for hydroxylation is 1. The average molecular weight is 452 g/mol. The Morgan fingerprint density at radius 3 is 1.65 bits per heavy atom. The van der Waals surface area contributed by atoms with Gasteiger partial charge in [-0.05, 0) is 41.9 Å². The zero-order chi connectivity index (χ0) is 24.2. The van der Waals surface area contributed by atoms with Crippen molar-refractivity contribution >= 4 is 11.4 Å². The second-order valence-electron chi connectivity index (χ2n) is 9.26. The lowest BCUT2D eigenvalue weighted by atomic mass is 9.80. The largest absolute Gasteiger partial charge is 0.252 e. The van der Waals surface area contributed by atoms with Crippen LogP contribution in [0.1, 0.15) is 76.5 Å². The molecule has 0 N–H and O–H groups in total. The first-order chi connectivity index (χ1) is 16.7. The van der Waals surface area contributed by atoms with E-state index in [9.17, 15) is 0 Å². The maximum absolute atomic E-state index is 5.17. The molecule has 1 aliphatic rings. The predicted molar refractivity (Wildman–Crippen MR) is 149 cm³/mol. The third kappa shape index (κ3) is 6.79. The standard InChI is InChI=1S/C24H29N.C9H12/c1-4-12-19(13-5-2)22-18(3)23(20-14-8-6-9-15-20)25-24(22)21-16-10-7-11-17-21;1-2-6-9-7-4-3-5-8-9/h6-11,14-19H,4-5,12-13H2,1-3H3;3-5,7-8H,2,6H2,1H3. The minimum atomic E-state index is 0.390. The van der Waals surface area contributed by atoms with Crippen molar-refractivity contribution in [2.75, 3.05) is 0 Å². The van der Waals surface area contributed by atoms with E-state index in [1.54, 1.807) is 5.57 Å². The summed E-state index contributed by atoms with van der Waals surface area (Å²) in [6.07, 6.45) is 7.40. The molecule has 1 nitrogen and oxygen atoms in total. The van der Waals surface area contributed by atoms with Crippen LogP contribution in [-0.2, 0) is 6.42 Å². The predicted octanol–water partition coefficient (Wildman–Crippen LogP) is 9.39. The van der Waals surface area contributed by atoms with Gasteiger partial charge in [-0.3, -0.25) is 4.99 Å². The Kier molecular flexibility index (Phi) is 10.3. The molecule has 178 valence electrons. The van der Waals surface area contributed by atoms with Crippen molar-refractivity contribution in [3.8, 4) is 0 Å². The van der Waals surface area contributed by atoms with Crippen LogP contribution >= 0.6 is 0 Å². The van der Waals surface area contributed by atoms with Crippen molar-refractivity contribution in [3.63, 3.8) is 0 Å². The van der Waals surface area contributed by atoms with Crippen molar-refractivity contribution in [2.24, 2.45) is 16.8 Å². The van der Waals surface area contributed by atoms with Gasteiger partial charge in [-0.15, -0.1) is 0 Å². The number of benzene rings is 3. The second kappa shape index (κ2) is 13.7. The second-order valence-corrected chi connectivity index (χ2v) is 9.26. The third-order valence-corrected chi connectivity index (χ3v) is 6.59. The van der Waals surface area contributed by atoms with E-state index in [1.807, 2.05) is 0 Å². The van der Waals surface area contributed by atoms with Gasteiger partial charge in [0.2, 0.25) is 0 Å². The molecule has 1 heteroatoms. The fourth-order valence-corrected chi connectivity index (χ4v) is 5.02. The molecule has 0 bridgehead atoms. The molecule has 0 saturated heterocycles. The summed E-state index contributed by atoms with van der Waals surface area (Å²) < 4.78 is 0. The smallest absolute Gasteiger partial charge is 0.0707 e. The van der Waals surface area contributed by atoms with Crippen molar-refractivity contribution in [2.45, 2.75) is 66.2 Å². The number of aliphatic imine (C=N–C) groups is 1. The zero-order valence-corrected chi connectivity index (χ0v) is 21.5. The van der Waals surface area contributed by atoms with Crippen LogP contribution in [0.2, 0.25) is 0 Å².